The van der Waals surface area contributed by atoms with Crippen LogP contribution < -0.4 is 9.47 Å². The van der Waals surface area contributed by atoms with E-state index in [0.717, 1.165) is 0 Å². The van der Waals surface area contributed by atoms with Crippen molar-refractivity contribution in [1.82, 2.24) is 9.80 Å². The Morgan fingerprint density at radius 1 is 0.765 bits per heavy atom. The van der Waals surface area contributed by atoms with Crippen LogP contribution in [0.25, 0.3) is 0 Å². The quantitative estimate of drug-likeness (QED) is 0.236. The van der Waals surface area contributed by atoms with Gasteiger partial charge in [0.1, 0.15) is 34.9 Å². The first-order valence-electron chi connectivity index (χ1n) is 17.1. The first kappa shape index (κ1) is 36.8. The lowest BCUT2D eigenvalue weighted by atomic mass is 9.84. The van der Waals surface area contributed by atoms with Crippen LogP contribution in [0.5, 0.6) is 11.5 Å². The second-order valence-corrected chi connectivity index (χ2v) is 15.6. The number of hydrogen-bond donors (Lipinski definition) is 1. The van der Waals surface area contributed by atoms with Crippen LogP contribution in [-0.4, -0.2) is 89.4 Å². The first-order chi connectivity index (χ1) is 24.2. The van der Waals surface area contributed by atoms with Gasteiger partial charge in [-0.25, -0.2) is 4.57 Å². The van der Waals surface area contributed by atoms with Gasteiger partial charge in [-0.3, -0.25) is 18.6 Å². The molecule has 2 amide bonds. The van der Waals surface area contributed by atoms with E-state index < -0.39 is 43.3 Å². The minimum Gasteiger partial charge on any atom is -0.485 e. The largest absolute Gasteiger partial charge is 0.485 e. The van der Waals surface area contributed by atoms with Gasteiger partial charge in [-0.2, -0.15) is 10.5 Å². The SMILES string of the molecule is CC1(C)Oc2ccc(C#N)cc2[C@H](N2CCCC2=O)[C@H]1OCCOP(=O)(O)OCCO[C@@H]1[C@@H](N2CCCC2=O)c2cc(C#N)ccc2OC1(C)C. The summed E-state index contributed by atoms with van der Waals surface area (Å²) in [5.74, 6) is 1.08. The fraction of sp³-hybridized carbons (Fsp3) is 0.556. The highest BCUT2D eigenvalue weighted by Gasteiger charge is 2.51. The van der Waals surface area contributed by atoms with Crippen molar-refractivity contribution in [3.8, 4) is 23.6 Å². The minimum absolute atomic E-state index is 0.0241. The van der Waals surface area contributed by atoms with Gasteiger partial charge in [0.2, 0.25) is 11.8 Å². The molecule has 0 aromatic heterocycles. The van der Waals surface area contributed by atoms with Gasteiger partial charge in [0, 0.05) is 37.1 Å². The van der Waals surface area contributed by atoms with Crippen LogP contribution in [-0.2, 0) is 32.7 Å². The molecule has 2 fully saturated rings. The molecule has 2 aromatic carbocycles. The molecule has 14 nitrogen and oxygen atoms in total. The van der Waals surface area contributed by atoms with Crippen molar-refractivity contribution in [1.29, 1.82) is 10.5 Å². The van der Waals surface area contributed by atoms with E-state index >= 15 is 0 Å². The topological polar surface area (TPSA) is 181 Å². The summed E-state index contributed by atoms with van der Waals surface area (Å²) in [6.45, 7) is 7.61. The zero-order chi connectivity index (χ0) is 36.6. The molecule has 0 saturated carbocycles. The van der Waals surface area contributed by atoms with E-state index in [9.17, 15) is 29.6 Å². The van der Waals surface area contributed by atoms with E-state index in [1.165, 1.54) is 0 Å². The van der Waals surface area contributed by atoms with Crippen LogP contribution in [0.3, 0.4) is 0 Å². The van der Waals surface area contributed by atoms with Gasteiger partial charge in [-0.1, -0.05) is 0 Å². The summed E-state index contributed by atoms with van der Waals surface area (Å²) in [4.78, 5) is 39.8. The molecule has 2 saturated heterocycles. The molecule has 6 rings (SSSR count). The average Bonchev–Trinajstić information content (AvgIpc) is 3.71. The van der Waals surface area contributed by atoms with Crippen molar-refractivity contribution in [2.75, 3.05) is 39.5 Å². The number of phosphoric acid groups is 1. The predicted molar refractivity (Wildman–Crippen MR) is 180 cm³/mol. The number of carbonyl (C=O) groups excluding carboxylic acids is 2. The van der Waals surface area contributed by atoms with E-state index in [0.29, 0.717) is 72.5 Å². The van der Waals surface area contributed by atoms with Crippen molar-refractivity contribution in [3.63, 3.8) is 0 Å². The Balaban J connectivity index is 1.07. The Hall–Kier alpha value is -4.01. The van der Waals surface area contributed by atoms with Gasteiger partial charge in [0.25, 0.3) is 0 Å². The van der Waals surface area contributed by atoms with Crippen LogP contribution in [0.2, 0.25) is 0 Å². The lowest BCUT2D eigenvalue weighted by Gasteiger charge is -2.47. The standard InChI is InChI=1S/C36H43N4O10P/c1-35(2)33(31(39-13-5-7-29(39)41)25-19-23(21-37)9-11-27(25)49-35)45-15-17-47-51(43,44)48-18-16-46-34-32(40-14-6-8-30(40)42)26-20-24(22-38)10-12-28(26)50-36(34,3)4/h9-12,19-20,31-34H,5-8,13-18H2,1-4H3,(H,43,44)/t31-,32-,33+,34+/m0/s1. The van der Waals surface area contributed by atoms with Gasteiger partial charge in [0.15, 0.2) is 0 Å². The molecule has 2 aromatic rings. The zero-order valence-electron chi connectivity index (χ0n) is 29.2. The molecule has 0 radical (unpaired) electrons. The summed E-state index contributed by atoms with van der Waals surface area (Å²) >= 11 is 0. The summed E-state index contributed by atoms with van der Waals surface area (Å²) in [6, 6.07) is 13.4. The number of carbonyl (C=O) groups is 2. The van der Waals surface area contributed by atoms with Crippen LogP contribution in [0, 0.1) is 22.7 Å². The summed E-state index contributed by atoms with van der Waals surface area (Å²) in [7, 11) is -4.54. The van der Waals surface area contributed by atoms with E-state index in [1.807, 2.05) is 27.7 Å². The number of ether oxygens (including phenoxy) is 4. The van der Waals surface area contributed by atoms with Crippen molar-refractivity contribution in [3.05, 3.63) is 58.7 Å². The third kappa shape index (κ3) is 7.63. The number of phosphoric ester groups is 1. The Kier molecular flexibility index (Phi) is 10.5. The van der Waals surface area contributed by atoms with Crippen molar-refractivity contribution in [2.45, 2.75) is 88.9 Å². The molecule has 4 aliphatic rings. The second kappa shape index (κ2) is 14.5. The number of hydrogen-bond acceptors (Lipinski definition) is 11. The molecule has 272 valence electrons. The number of amides is 2. The maximum Gasteiger partial charge on any atom is 0.472 e. The van der Waals surface area contributed by atoms with Gasteiger partial charge in [0.05, 0.1) is 61.8 Å². The number of benzene rings is 2. The number of likely N-dealkylation sites (tertiary alicyclic amines) is 2. The molecular weight excluding hydrogens is 679 g/mol. The molecule has 4 heterocycles. The minimum atomic E-state index is -4.54. The normalized spacial score (nSPS) is 25.0. The van der Waals surface area contributed by atoms with Gasteiger partial charge < -0.3 is 33.6 Å². The highest BCUT2D eigenvalue weighted by atomic mass is 31.2. The molecular formula is C36H43N4O10P. The molecule has 0 unspecified atom stereocenters. The third-order valence-corrected chi connectivity index (χ3v) is 10.8. The summed E-state index contributed by atoms with van der Waals surface area (Å²) in [6.07, 6.45) is 0.866. The maximum atomic E-state index is 12.9. The molecule has 1 N–H and O–H groups in total. The van der Waals surface area contributed by atoms with E-state index in [-0.39, 0.29) is 38.2 Å². The molecule has 51 heavy (non-hydrogen) atoms. The highest BCUT2D eigenvalue weighted by Crippen LogP contribution is 2.48. The van der Waals surface area contributed by atoms with E-state index in [2.05, 4.69) is 12.1 Å². The van der Waals surface area contributed by atoms with Crippen molar-refractivity contribution < 1.29 is 47.0 Å². The average molecular weight is 723 g/mol. The predicted octanol–water partition coefficient (Wildman–Crippen LogP) is 4.70. The smallest absolute Gasteiger partial charge is 0.472 e. The van der Waals surface area contributed by atoms with Crippen LogP contribution in [0.15, 0.2) is 36.4 Å². The number of fused-ring (bicyclic) bond motifs is 2. The van der Waals surface area contributed by atoms with Gasteiger partial charge in [-0.05, 0) is 76.9 Å². The van der Waals surface area contributed by atoms with Crippen LogP contribution >= 0.6 is 7.82 Å². The number of nitrogens with zero attached hydrogens (tertiary/aromatic N) is 4. The maximum absolute atomic E-state index is 12.9. The molecule has 4 atom stereocenters. The molecule has 0 aliphatic carbocycles. The summed E-state index contributed by atoms with van der Waals surface area (Å²) in [5, 5.41) is 19.1. The van der Waals surface area contributed by atoms with Crippen LogP contribution in [0.1, 0.15) is 87.7 Å². The Morgan fingerprint density at radius 3 is 1.53 bits per heavy atom. The van der Waals surface area contributed by atoms with E-state index in [1.54, 1.807) is 46.2 Å². The van der Waals surface area contributed by atoms with Crippen LogP contribution in [0.4, 0.5) is 0 Å². The molecule has 15 heteroatoms. The summed E-state index contributed by atoms with van der Waals surface area (Å²) < 4.78 is 48.3. The highest BCUT2D eigenvalue weighted by molar-refractivity contribution is 7.47. The molecule has 0 bridgehead atoms. The number of nitriles is 2. The summed E-state index contributed by atoms with van der Waals surface area (Å²) in [5.41, 5.74) is 0.406. The Bertz CT molecular complexity index is 1680. The van der Waals surface area contributed by atoms with Gasteiger partial charge in [-0.15, -0.1) is 0 Å². The lowest BCUT2D eigenvalue weighted by molar-refractivity contribution is -0.150. The van der Waals surface area contributed by atoms with Crippen molar-refractivity contribution >= 4 is 19.6 Å². The van der Waals surface area contributed by atoms with Crippen molar-refractivity contribution in [2.24, 2.45) is 0 Å². The Labute approximate surface area is 297 Å². The molecule has 4 aliphatic heterocycles. The van der Waals surface area contributed by atoms with E-state index in [4.69, 9.17) is 28.0 Å². The Morgan fingerprint density at radius 2 is 1.18 bits per heavy atom. The van der Waals surface area contributed by atoms with Gasteiger partial charge >= 0.3 is 7.82 Å². The third-order valence-electron chi connectivity index (χ3n) is 9.77. The number of rotatable bonds is 12. The zero-order valence-corrected chi connectivity index (χ0v) is 30.1. The second-order valence-electron chi connectivity index (χ2n) is 14.1. The fourth-order valence-electron chi connectivity index (χ4n) is 7.52. The fourth-order valence-corrected chi connectivity index (χ4v) is 8.20. The molecule has 0 spiro atoms. The first-order valence-corrected chi connectivity index (χ1v) is 18.6. The lowest BCUT2D eigenvalue weighted by Crippen LogP contribution is -2.55. The monoisotopic (exact) mass is 722 g/mol.